The van der Waals surface area contributed by atoms with Gasteiger partial charge in [0.15, 0.2) is 0 Å². The number of benzene rings is 1. The third kappa shape index (κ3) is 3.91. The monoisotopic (exact) mass is 400 g/mol. The summed E-state index contributed by atoms with van der Waals surface area (Å²) in [5.74, 6) is 0.511. The number of hydrogen-bond acceptors (Lipinski definition) is 5. The van der Waals surface area contributed by atoms with Crippen LogP contribution in [0.3, 0.4) is 0 Å². The highest BCUT2D eigenvalue weighted by Gasteiger charge is 2.53. The van der Waals surface area contributed by atoms with Gasteiger partial charge >= 0.3 is 6.16 Å². The lowest BCUT2D eigenvalue weighted by molar-refractivity contribution is -0.148. The first-order valence-electron chi connectivity index (χ1n) is 9.13. The van der Waals surface area contributed by atoms with Crippen molar-refractivity contribution in [2.75, 3.05) is 5.75 Å². The van der Waals surface area contributed by atoms with Gasteiger partial charge in [0, 0.05) is 11.3 Å². The summed E-state index contributed by atoms with van der Waals surface area (Å²) in [5.41, 5.74) is 1.54. The fourth-order valence-corrected chi connectivity index (χ4v) is 4.53. The van der Waals surface area contributed by atoms with E-state index >= 15 is 0 Å². The van der Waals surface area contributed by atoms with E-state index in [2.05, 4.69) is 5.32 Å². The van der Waals surface area contributed by atoms with Gasteiger partial charge in [-0.05, 0) is 24.3 Å². The molecule has 1 aliphatic carbocycles. The number of β-lactam (4-membered cyclic amide) rings is 1. The van der Waals surface area contributed by atoms with E-state index in [1.54, 1.807) is 0 Å². The van der Waals surface area contributed by atoms with Crippen molar-refractivity contribution >= 4 is 29.7 Å². The van der Waals surface area contributed by atoms with Crippen LogP contribution in [0.5, 0.6) is 0 Å². The Morgan fingerprint density at radius 3 is 2.71 bits per heavy atom. The van der Waals surface area contributed by atoms with E-state index in [0.29, 0.717) is 17.2 Å². The van der Waals surface area contributed by atoms with E-state index in [0.717, 1.165) is 18.4 Å². The summed E-state index contributed by atoms with van der Waals surface area (Å²) in [5, 5.41) is 11.5. The second-order valence-electron chi connectivity index (χ2n) is 7.01. The highest BCUT2D eigenvalue weighted by Crippen LogP contribution is 2.41. The van der Waals surface area contributed by atoms with Crippen LogP contribution in [-0.4, -0.2) is 45.1 Å². The Hall–Kier alpha value is -2.74. The average Bonchev–Trinajstić information content (AvgIpc) is 3.49. The van der Waals surface area contributed by atoms with Crippen LogP contribution >= 0.6 is 11.8 Å². The third-order valence-electron chi connectivity index (χ3n) is 4.85. The first kappa shape index (κ1) is 18.6. The molecule has 1 aromatic carbocycles. The van der Waals surface area contributed by atoms with Crippen molar-refractivity contribution in [1.82, 2.24) is 10.2 Å². The number of carbonyl (C=O) groups is 3. The average molecular weight is 400 g/mol. The molecule has 2 atom stereocenters. The molecule has 2 heterocycles. The van der Waals surface area contributed by atoms with Crippen LogP contribution in [0.1, 0.15) is 18.4 Å². The van der Waals surface area contributed by atoms with Gasteiger partial charge in [0.2, 0.25) is 11.8 Å². The molecule has 1 unspecified atom stereocenters. The first-order valence-corrected chi connectivity index (χ1v) is 10.2. The van der Waals surface area contributed by atoms with Crippen LogP contribution in [0.4, 0.5) is 4.79 Å². The van der Waals surface area contributed by atoms with Crippen molar-refractivity contribution in [1.29, 1.82) is 0 Å². The fraction of sp³-hybridized carbons (Fsp3) is 0.350. The van der Waals surface area contributed by atoms with Crippen molar-refractivity contribution in [3.05, 3.63) is 59.5 Å². The fourth-order valence-electron chi connectivity index (χ4n) is 3.24. The molecule has 1 saturated heterocycles. The maximum atomic E-state index is 12.6. The van der Waals surface area contributed by atoms with Crippen LogP contribution in [0.2, 0.25) is 0 Å². The minimum absolute atomic E-state index is 0.0618. The van der Waals surface area contributed by atoms with Crippen molar-refractivity contribution in [3.63, 3.8) is 0 Å². The number of rotatable bonds is 6. The molecule has 2 amide bonds. The number of carbonyl (C=O) groups excluding carboxylic acids is 2. The normalized spacial score (nSPS) is 24.0. The number of thioether (sulfide) groups is 1. The summed E-state index contributed by atoms with van der Waals surface area (Å²) < 4.78 is 4.93. The molecule has 8 heteroatoms. The second-order valence-corrected chi connectivity index (χ2v) is 8.12. The summed E-state index contributed by atoms with van der Waals surface area (Å²) in [6.07, 6.45) is 4.88. The van der Waals surface area contributed by atoms with Crippen LogP contribution in [0.25, 0.3) is 0 Å². The SMILES string of the molecule is O=C(Cc1ccccc1)NC1C(=O)N2C(OC(=O)O)=C(/C=C\C3CC3)CS[C@@H]12. The summed E-state index contributed by atoms with van der Waals surface area (Å²) in [6, 6.07) is 8.61. The molecule has 0 spiro atoms. The Balaban J connectivity index is 1.45. The number of fused-ring (bicyclic) bond motifs is 1. The van der Waals surface area contributed by atoms with Gasteiger partial charge in [0.25, 0.3) is 5.91 Å². The summed E-state index contributed by atoms with van der Waals surface area (Å²) in [6.45, 7) is 0. The van der Waals surface area contributed by atoms with Gasteiger partial charge in [-0.3, -0.25) is 14.5 Å². The van der Waals surface area contributed by atoms with E-state index in [1.807, 2.05) is 42.5 Å². The molecule has 0 bridgehead atoms. The number of carboxylic acid groups (broad SMARTS) is 1. The molecule has 0 aromatic heterocycles. The molecule has 7 nitrogen and oxygen atoms in total. The van der Waals surface area contributed by atoms with Crippen LogP contribution in [0, 0.1) is 5.92 Å². The maximum Gasteiger partial charge on any atom is 0.512 e. The van der Waals surface area contributed by atoms with Gasteiger partial charge in [0.05, 0.1) is 6.42 Å². The van der Waals surface area contributed by atoms with Gasteiger partial charge < -0.3 is 15.2 Å². The van der Waals surface area contributed by atoms with Crippen molar-refractivity contribution in [2.24, 2.45) is 5.92 Å². The van der Waals surface area contributed by atoms with E-state index in [4.69, 9.17) is 9.84 Å². The number of nitrogens with one attached hydrogen (secondary N) is 1. The zero-order valence-electron chi connectivity index (χ0n) is 15.0. The van der Waals surface area contributed by atoms with E-state index < -0.39 is 12.2 Å². The minimum atomic E-state index is -1.46. The number of amides is 2. The van der Waals surface area contributed by atoms with Crippen molar-refractivity contribution in [3.8, 4) is 0 Å². The molecule has 4 rings (SSSR count). The van der Waals surface area contributed by atoms with Gasteiger partial charge in [-0.15, -0.1) is 11.8 Å². The highest BCUT2D eigenvalue weighted by atomic mass is 32.2. The Kier molecular flexibility index (Phi) is 5.13. The number of allylic oxidation sites excluding steroid dienone is 2. The molecule has 2 fully saturated rings. The largest absolute Gasteiger partial charge is 0.512 e. The molecular formula is C20H20N2O5S. The standard InChI is InChI=1S/C20H20N2O5S/c23-15(10-13-4-2-1-3-5-13)21-16-17(24)22-18(27-20(25)26)14(11-28-19(16)22)9-8-12-6-7-12/h1-5,8-9,12,16,19H,6-7,10-11H2,(H,21,23)(H,25,26)/b9-8-/t16?,19-/m0/s1. The van der Waals surface area contributed by atoms with E-state index in [9.17, 15) is 14.4 Å². The number of ether oxygens (including phenoxy) is 1. The lowest BCUT2D eigenvalue weighted by Gasteiger charge is -2.48. The molecule has 28 heavy (non-hydrogen) atoms. The van der Waals surface area contributed by atoms with Crippen LogP contribution in [-0.2, 0) is 20.7 Å². The molecule has 3 aliphatic rings. The zero-order chi connectivity index (χ0) is 19.7. The smallest absolute Gasteiger partial charge is 0.449 e. The predicted molar refractivity (Wildman–Crippen MR) is 103 cm³/mol. The first-order chi connectivity index (χ1) is 13.5. The Morgan fingerprint density at radius 1 is 1.29 bits per heavy atom. The van der Waals surface area contributed by atoms with Crippen LogP contribution < -0.4 is 5.32 Å². The molecule has 146 valence electrons. The quantitative estimate of drug-likeness (QED) is 0.563. The maximum absolute atomic E-state index is 12.6. The van der Waals surface area contributed by atoms with Gasteiger partial charge in [0.1, 0.15) is 11.4 Å². The van der Waals surface area contributed by atoms with Gasteiger partial charge in [-0.1, -0.05) is 42.5 Å². The molecule has 1 aromatic rings. The lowest BCUT2D eigenvalue weighted by Crippen LogP contribution is -2.70. The van der Waals surface area contributed by atoms with E-state index in [1.165, 1.54) is 16.7 Å². The lowest BCUT2D eigenvalue weighted by atomic mass is 10.0. The highest BCUT2D eigenvalue weighted by molar-refractivity contribution is 8.00. The van der Waals surface area contributed by atoms with Crippen molar-refractivity contribution in [2.45, 2.75) is 30.7 Å². The zero-order valence-corrected chi connectivity index (χ0v) is 15.9. The summed E-state index contributed by atoms with van der Waals surface area (Å²) in [7, 11) is 0. The molecule has 0 radical (unpaired) electrons. The predicted octanol–water partition coefficient (Wildman–Crippen LogP) is 2.50. The molecule has 2 N–H and O–H groups in total. The topological polar surface area (TPSA) is 95.9 Å². The molecular weight excluding hydrogens is 380 g/mol. The Labute approximate surface area is 166 Å². The Morgan fingerprint density at radius 2 is 2.04 bits per heavy atom. The second kappa shape index (κ2) is 7.71. The molecule has 2 aliphatic heterocycles. The number of nitrogens with zero attached hydrogens (tertiary/aromatic N) is 1. The summed E-state index contributed by atoms with van der Waals surface area (Å²) in [4.78, 5) is 37.4. The van der Waals surface area contributed by atoms with Gasteiger partial charge in [-0.25, -0.2) is 4.79 Å². The van der Waals surface area contributed by atoms with E-state index in [-0.39, 0.29) is 29.5 Å². The summed E-state index contributed by atoms with van der Waals surface area (Å²) >= 11 is 1.49. The number of hydrogen-bond donors (Lipinski definition) is 2. The van der Waals surface area contributed by atoms with Gasteiger partial charge in [-0.2, -0.15) is 0 Å². The third-order valence-corrected chi connectivity index (χ3v) is 6.15. The Bertz CT molecular complexity index is 863. The van der Waals surface area contributed by atoms with Crippen LogP contribution in [0.15, 0.2) is 53.9 Å². The van der Waals surface area contributed by atoms with Crippen molar-refractivity contribution < 1.29 is 24.2 Å². The molecule has 1 saturated carbocycles. The minimum Gasteiger partial charge on any atom is -0.449 e.